The van der Waals surface area contributed by atoms with Crippen LogP contribution in [0.5, 0.6) is 5.75 Å². The number of amides is 1. The van der Waals surface area contributed by atoms with Crippen LogP contribution in [0.2, 0.25) is 5.02 Å². The summed E-state index contributed by atoms with van der Waals surface area (Å²) in [6, 6.07) is 13.2. The van der Waals surface area contributed by atoms with Crippen molar-refractivity contribution in [3.63, 3.8) is 0 Å². The number of carbonyl (C=O) groups excluding carboxylic acids is 1. The number of halogens is 1. The number of hydrogen-bond acceptors (Lipinski definition) is 3. The van der Waals surface area contributed by atoms with E-state index in [4.69, 9.17) is 21.4 Å². The Morgan fingerprint density at radius 3 is 2.43 bits per heavy atom. The molecule has 6 heteroatoms. The third-order valence-electron chi connectivity index (χ3n) is 3.18. The van der Waals surface area contributed by atoms with E-state index >= 15 is 0 Å². The number of ether oxygens (including phenoxy) is 1. The predicted molar refractivity (Wildman–Crippen MR) is 86.8 cm³/mol. The Hall–Kier alpha value is -2.53. The summed E-state index contributed by atoms with van der Waals surface area (Å²) in [5, 5.41) is 12.0. The smallest absolute Gasteiger partial charge is 0.335 e. The molecule has 1 amide bonds. The molecular formula is C17H16ClNO4. The standard InChI is InChI=1S/C17H16ClNO4/c1-11(23-15-5-3-2-4-14(15)18)16(20)19-10-12-6-8-13(9-7-12)17(21)22/h2-9,11H,10H2,1H3,(H,19,20)(H,21,22)/t11-/m1/s1. The van der Waals surface area contributed by atoms with Crippen molar-refractivity contribution in [2.24, 2.45) is 0 Å². The van der Waals surface area contributed by atoms with Gasteiger partial charge in [0.1, 0.15) is 5.75 Å². The molecule has 120 valence electrons. The van der Waals surface area contributed by atoms with Crippen LogP contribution in [0.25, 0.3) is 0 Å². The minimum atomic E-state index is -0.984. The van der Waals surface area contributed by atoms with Crippen molar-refractivity contribution in [1.29, 1.82) is 0 Å². The lowest BCUT2D eigenvalue weighted by Crippen LogP contribution is -2.35. The largest absolute Gasteiger partial charge is 0.479 e. The van der Waals surface area contributed by atoms with Gasteiger partial charge in [-0.1, -0.05) is 35.9 Å². The van der Waals surface area contributed by atoms with Crippen LogP contribution in [-0.2, 0) is 11.3 Å². The third kappa shape index (κ3) is 4.72. The second-order valence-electron chi connectivity index (χ2n) is 4.91. The van der Waals surface area contributed by atoms with Crippen molar-refractivity contribution in [2.75, 3.05) is 0 Å². The summed E-state index contributed by atoms with van der Waals surface area (Å²) < 4.78 is 5.52. The van der Waals surface area contributed by atoms with E-state index < -0.39 is 12.1 Å². The van der Waals surface area contributed by atoms with Crippen molar-refractivity contribution in [3.8, 4) is 5.75 Å². The summed E-state index contributed by atoms with van der Waals surface area (Å²) in [5.74, 6) is -0.822. The number of carbonyl (C=O) groups is 2. The molecule has 5 nitrogen and oxygen atoms in total. The van der Waals surface area contributed by atoms with Gasteiger partial charge in [-0.25, -0.2) is 4.79 Å². The number of carboxylic acids is 1. The molecule has 0 fully saturated rings. The van der Waals surface area contributed by atoms with Gasteiger partial charge in [0.2, 0.25) is 0 Å². The highest BCUT2D eigenvalue weighted by Gasteiger charge is 2.15. The Morgan fingerprint density at radius 2 is 1.83 bits per heavy atom. The lowest BCUT2D eigenvalue weighted by Gasteiger charge is -2.15. The monoisotopic (exact) mass is 333 g/mol. The van der Waals surface area contributed by atoms with E-state index in [1.54, 1.807) is 43.3 Å². The zero-order valence-electron chi connectivity index (χ0n) is 12.5. The molecule has 2 aromatic carbocycles. The van der Waals surface area contributed by atoms with Crippen molar-refractivity contribution >= 4 is 23.5 Å². The molecule has 0 radical (unpaired) electrons. The first-order valence-corrected chi connectivity index (χ1v) is 7.36. The summed E-state index contributed by atoms with van der Waals surface area (Å²) in [7, 11) is 0. The Morgan fingerprint density at radius 1 is 1.17 bits per heavy atom. The van der Waals surface area contributed by atoms with Gasteiger partial charge in [0, 0.05) is 6.54 Å². The zero-order chi connectivity index (χ0) is 16.8. The average Bonchev–Trinajstić information content (AvgIpc) is 2.55. The lowest BCUT2D eigenvalue weighted by atomic mass is 10.1. The van der Waals surface area contributed by atoms with Gasteiger partial charge < -0.3 is 15.2 Å². The summed E-state index contributed by atoms with van der Waals surface area (Å²) in [6.45, 7) is 1.92. The number of aromatic carboxylic acids is 1. The molecule has 0 aliphatic rings. The average molecular weight is 334 g/mol. The highest BCUT2D eigenvalue weighted by Crippen LogP contribution is 2.24. The van der Waals surface area contributed by atoms with Crippen LogP contribution >= 0.6 is 11.6 Å². The Balaban J connectivity index is 1.89. The van der Waals surface area contributed by atoms with Gasteiger partial charge >= 0.3 is 5.97 Å². The quantitative estimate of drug-likeness (QED) is 0.851. The van der Waals surface area contributed by atoms with Crippen LogP contribution < -0.4 is 10.1 Å². The summed E-state index contributed by atoms with van der Waals surface area (Å²) >= 11 is 5.98. The maximum absolute atomic E-state index is 12.0. The summed E-state index contributed by atoms with van der Waals surface area (Å²) in [4.78, 5) is 22.8. The molecule has 1 atom stereocenters. The fourth-order valence-electron chi connectivity index (χ4n) is 1.88. The van der Waals surface area contributed by atoms with E-state index in [9.17, 15) is 9.59 Å². The molecule has 0 aromatic heterocycles. The lowest BCUT2D eigenvalue weighted by molar-refractivity contribution is -0.127. The molecule has 0 spiro atoms. The molecular weight excluding hydrogens is 318 g/mol. The second-order valence-corrected chi connectivity index (χ2v) is 5.32. The van der Waals surface area contributed by atoms with Crippen LogP contribution in [0, 0.1) is 0 Å². The first-order chi connectivity index (χ1) is 11.0. The minimum Gasteiger partial charge on any atom is -0.479 e. The van der Waals surface area contributed by atoms with Crippen molar-refractivity contribution in [3.05, 3.63) is 64.7 Å². The molecule has 0 aliphatic carbocycles. The van der Waals surface area contributed by atoms with Gasteiger partial charge in [0.05, 0.1) is 10.6 Å². The van der Waals surface area contributed by atoms with Gasteiger partial charge in [0.15, 0.2) is 6.10 Å². The van der Waals surface area contributed by atoms with E-state index in [-0.39, 0.29) is 18.0 Å². The predicted octanol–water partition coefficient (Wildman–Crippen LogP) is 3.12. The minimum absolute atomic E-state index is 0.204. The Bertz CT molecular complexity index is 700. The van der Waals surface area contributed by atoms with Gasteiger partial charge in [-0.15, -0.1) is 0 Å². The van der Waals surface area contributed by atoms with Crippen LogP contribution in [-0.4, -0.2) is 23.1 Å². The number of para-hydroxylation sites is 1. The van der Waals surface area contributed by atoms with Crippen LogP contribution in [0.1, 0.15) is 22.8 Å². The van der Waals surface area contributed by atoms with Gasteiger partial charge in [-0.05, 0) is 36.8 Å². The SMILES string of the molecule is C[C@@H](Oc1ccccc1Cl)C(=O)NCc1ccc(C(=O)O)cc1. The van der Waals surface area contributed by atoms with E-state index in [1.807, 2.05) is 0 Å². The number of nitrogens with one attached hydrogen (secondary N) is 1. The molecule has 0 bridgehead atoms. The Labute approximate surface area is 138 Å². The molecule has 2 aromatic rings. The van der Waals surface area contributed by atoms with Crippen molar-refractivity contribution < 1.29 is 19.4 Å². The summed E-state index contributed by atoms with van der Waals surface area (Å²) in [6.07, 6.45) is -0.701. The van der Waals surface area contributed by atoms with Crippen molar-refractivity contribution in [2.45, 2.75) is 19.6 Å². The zero-order valence-corrected chi connectivity index (χ0v) is 13.2. The first-order valence-electron chi connectivity index (χ1n) is 6.98. The molecule has 0 unspecified atom stereocenters. The van der Waals surface area contributed by atoms with Gasteiger partial charge in [-0.2, -0.15) is 0 Å². The highest BCUT2D eigenvalue weighted by molar-refractivity contribution is 6.32. The van der Waals surface area contributed by atoms with Gasteiger partial charge in [0.25, 0.3) is 5.91 Å². The maximum atomic E-state index is 12.0. The van der Waals surface area contributed by atoms with Crippen LogP contribution in [0.15, 0.2) is 48.5 Å². The fraction of sp³-hybridized carbons (Fsp3) is 0.176. The second kappa shape index (κ2) is 7.65. The van der Waals surface area contributed by atoms with Crippen molar-refractivity contribution in [1.82, 2.24) is 5.32 Å². The molecule has 0 aliphatic heterocycles. The Kier molecular flexibility index (Phi) is 5.60. The first kappa shape index (κ1) is 16.8. The van der Waals surface area contributed by atoms with Gasteiger partial charge in [-0.3, -0.25) is 4.79 Å². The molecule has 0 saturated carbocycles. The molecule has 0 saturated heterocycles. The number of carboxylic acid groups (broad SMARTS) is 1. The maximum Gasteiger partial charge on any atom is 0.335 e. The van der Waals surface area contributed by atoms with Crippen LogP contribution in [0.4, 0.5) is 0 Å². The fourth-order valence-corrected chi connectivity index (χ4v) is 2.06. The molecule has 0 heterocycles. The van der Waals surface area contributed by atoms with E-state index in [2.05, 4.69) is 5.32 Å². The molecule has 2 N–H and O–H groups in total. The molecule has 2 rings (SSSR count). The van der Waals surface area contributed by atoms with E-state index in [1.165, 1.54) is 12.1 Å². The van der Waals surface area contributed by atoms with Crippen LogP contribution in [0.3, 0.4) is 0 Å². The number of hydrogen-bond donors (Lipinski definition) is 2. The number of benzene rings is 2. The molecule has 23 heavy (non-hydrogen) atoms. The number of rotatable bonds is 6. The topological polar surface area (TPSA) is 75.6 Å². The third-order valence-corrected chi connectivity index (χ3v) is 3.49. The normalized spacial score (nSPS) is 11.6. The van der Waals surface area contributed by atoms with E-state index in [0.717, 1.165) is 5.56 Å². The van der Waals surface area contributed by atoms with E-state index in [0.29, 0.717) is 10.8 Å². The summed E-state index contributed by atoms with van der Waals surface area (Å²) in [5.41, 5.74) is 1.00. The highest BCUT2D eigenvalue weighted by atomic mass is 35.5.